The first-order valence-corrected chi connectivity index (χ1v) is 8.43. The summed E-state index contributed by atoms with van der Waals surface area (Å²) in [7, 11) is 1.97. The highest BCUT2D eigenvalue weighted by Crippen LogP contribution is 2.16. The van der Waals surface area contributed by atoms with Gasteiger partial charge in [0.15, 0.2) is 0 Å². The average molecular weight is 396 g/mol. The predicted molar refractivity (Wildman–Crippen MR) is 101 cm³/mol. The Balaban J connectivity index is 0.000000527. The molecule has 0 saturated carbocycles. The summed E-state index contributed by atoms with van der Waals surface area (Å²) in [6, 6.07) is 17.0. The molecule has 0 aliphatic rings. The monoisotopic (exact) mass is 395 g/mol. The zero-order valence-corrected chi connectivity index (χ0v) is 15.5. The molecule has 2 rings (SSSR count). The maximum atomic E-state index is 10.1. The van der Waals surface area contributed by atoms with Gasteiger partial charge in [0.05, 0.1) is 6.10 Å². The largest absolute Gasteiger partial charge is 0.492 e. The standard InChI is InChI=1S/C17H20ClNO2.C2H2O4/c1-19(13-17(20)14-5-3-2-4-6-14)11-12-21-16-9-7-15(18)8-10-16;3-1(4)2(5)6/h2-10,17,20H,11-13H2,1H3;(H,3,4)(H,5,6). The van der Waals surface area contributed by atoms with Crippen LogP contribution in [0.4, 0.5) is 0 Å². The summed E-state index contributed by atoms with van der Waals surface area (Å²) in [6.07, 6.45) is -0.480. The molecule has 0 spiro atoms. The van der Waals surface area contributed by atoms with Gasteiger partial charge in [-0.2, -0.15) is 0 Å². The Kier molecular flexibility index (Phi) is 9.89. The van der Waals surface area contributed by atoms with Gasteiger partial charge in [-0.25, -0.2) is 9.59 Å². The van der Waals surface area contributed by atoms with Crippen LogP contribution in [0.1, 0.15) is 11.7 Å². The summed E-state index contributed by atoms with van der Waals surface area (Å²) in [5, 5.41) is 25.6. The van der Waals surface area contributed by atoms with Crippen LogP contribution in [-0.2, 0) is 9.59 Å². The van der Waals surface area contributed by atoms with Crippen LogP contribution in [0.15, 0.2) is 54.6 Å². The maximum absolute atomic E-state index is 10.1. The Morgan fingerprint density at radius 2 is 1.59 bits per heavy atom. The number of halogens is 1. The van der Waals surface area contributed by atoms with Crippen molar-refractivity contribution in [3.8, 4) is 5.75 Å². The van der Waals surface area contributed by atoms with Gasteiger partial charge in [0.1, 0.15) is 12.4 Å². The van der Waals surface area contributed by atoms with E-state index in [1.54, 1.807) is 12.1 Å². The Hall–Kier alpha value is -2.61. The fourth-order valence-electron chi connectivity index (χ4n) is 2.02. The van der Waals surface area contributed by atoms with Crippen LogP contribution in [0.5, 0.6) is 5.75 Å². The molecule has 0 heterocycles. The molecule has 2 aromatic carbocycles. The van der Waals surface area contributed by atoms with Crippen LogP contribution in [-0.4, -0.2) is 58.9 Å². The van der Waals surface area contributed by atoms with Gasteiger partial charge in [-0.1, -0.05) is 41.9 Å². The number of rotatable bonds is 7. The summed E-state index contributed by atoms with van der Waals surface area (Å²) < 4.78 is 5.64. The minimum absolute atomic E-state index is 0.480. The van der Waals surface area contributed by atoms with Crippen molar-refractivity contribution in [1.29, 1.82) is 0 Å². The van der Waals surface area contributed by atoms with E-state index >= 15 is 0 Å². The number of likely N-dealkylation sites (N-methyl/N-ethyl adjacent to an activating group) is 1. The van der Waals surface area contributed by atoms with Gasteiger partial charge in [-0.05, 0) is 36.9 Å². The topological polar surface area (TPSA) is 107 Å². The van der Waals surface area contributed by atoms with Crippen molar-refractivity contribution in [1.82, 2.24) is 4.90 Å². The smallest absolute Gasteiger partial charge is 0.414 e. The first-order chi connectivity index (χ1) is 12.8. The number of benzene rings is 2. The lowest BCUT2D eigenvalue weighted by Crippen LogP contribution is -2.28. The number of aliphatic hydroxyl groups excluding tert-OH is 1. The Morgan fingerprint density at radius 3 is 2.11 bits per heavy atom. The molecule has 0 aliphatic heterocycles. The number of carboxylic acid groups (broad SMARTS) is 2. The van der Waals surface area contributed by atoms with Gasteiger partial charge in [-0.3, -0.25) is 0 Å². The van der Waals surface area contributed by atoms with E-state index in [-0.39, 0.29) is 0 Å². The molecular weight excluding hydrogens is 374 g/mol. The van der Waals surface area contributed by atoms with E-state index < -0.39 is 18.0 Å². The minimum atomic E-state index is -1.82. The van der Waals surface area contributed by atoms with Crippen molar-refractivity contribution in [3.63, 3.8) is 0 Å². The number of aliphatic hydroxyl groups is 1. The van der Waals surface area contributed by atoms with Gasteiger partial charge in [0.2, 0.25) is 0 Å². The van der Waals surface area contributed by atoms with E-state index in [2.05, 4.69) is 0 Å². The molecule has 7 nitrogen and oxygen atoms in total. The van der Waals surface area contributed by atoms with Crippen LogP contribution in [0.25, 0.3) is 0 Å². The Bertz CT molecular complexity index is 696. The average Bonchev–Trinajstić information content (AvgIpc) is 2.64. The number of aliphatic carboxylic acids is 2. The molecule has 0 bridgehead atoms. The third-order valence-electron chi connectivity index (χ3n) is 3.41. The van der Waals surface area contributed by atoms with Crippen LogP contribution < -0.4 is 4.74 Å². The third-order valence-corrected chi connectivity index (χ3v) is 3.66. The fraction of sp³-hybridized carbons (Fsp3) is 0.263. The number of hydrogen-bond donors (Lipinski definition) is 3. The lowest BCUT2D eigenvalue weighted by Gasteiger charge is -2.20. The summed E-state index contributed by atoms with van der Waals surface area (Å²) in [5.74, 6) is -2.85. The molecule has 8 heteroatoms. The van der Waals surface area contributed by atoms with Gasteiger partial charge in [-0.15, -0.1) is 0 Å². The quantitative estimate of drug-likeness (QED) is 0.618. The third kappa shape index (κ3) is 9.60. The summed E-state index contributed by atoms with van der Waals surface area (Å²) in [4.78, 5) is 20.2. The van der Waals surface area contributed by atoms with Crippen molar-refractivity contribution < 1.29 is 29.6 Å². The van der Waals surface area contributed by atoms with E-state index in [0.717, 1.165) is 17.9 Å². The van der Waals surface area contributed by atoms with E-state index in [1.807, 2.05) is 54.4 Å². The van der Waals surface area contributed by atoms with E-state index in [9.17, 15) is 5.11 Å². The van der Waals surface area contributed by atoms with E-state index in [4.69, 9.17) is 36.1 Å². The molecule has 0 aliphatic carbocycles. The highest BCUT2D eigenvalue weighted by Gasteiger charge is 2.10. The molecule has 0 radical (unpaired) electrons. The lowest BCUT2D eigenvalue weighted by atomic mass is 10.1. The van der Waals surface area contributed by atoms with Crippen molar-refractivity contribution in [2.75, 3.05) is 26.7 Å². The second kappa shape index (κ2) is 11.9. The van der Waals surface area contributed by atoms with E-state index in [0.29, 0.717) is 18.2 Å². The van der Waals surface area contributed by atoms with Crippen LogP contribution in [0.2, 0.25) is 5.02 Å². The molecule has 0 fully saturated rings. The summed E-state index contributed by atoms with van der Waals surface area (Å²) >= 11 is 5.82. The first-order valence-electron chi connectivity index (χ1n) is 8.05. The molecule has 1 unspecified atom stereocenters. The highest BCUT2D eigenvalue weighted by atomic mass is 35.5. The zero-order valence-electron chi connectivity index (χ0n) is 14.8. The van der Waals surface area contributed by atoms with Crippen molar-refractivity contribution in [2.45, 2.75) is 6.10 Å². The molecule has 0 aromatic heterocycles. The SMILES string of the molecule is CN(CCOc1ccc(Cl)cc1)CC(O)c1ccccc1.O=C(O)C(=O)O. The first kappa shape index (κ1) is 22.4. The second-order valence-electron chi connectivity index (χ2n) is 5.60. The van der Waals surface area contributed by atoms with Gasteiger partial charge in [0, 0.05) is 18.1 Å². The molecular formula is C19H22ClNO6. The number of hydrogen-bond acceptors (Lipinski definition) is 5. The number of carboxylic acids is 2. The molecule has 27 heavy (non-hydrogen) atoms. The summed E-state index contributed by atoms with van der Waals surface area (Å²) in [5.41, 5.74) is 0.933. The molecule has 2 aromatic rings. The lowest BCUT2D eigenvalue weighted by molar-refractivity contribution is -0.159. The molecule has 146 valence electrons. The molecule has 3 N–H and O–H groups in total. The zero-order chi connectivity index (χ0) is 20.2. The fourth-order valence-corrected chi connectivity index (χ4v) is 2.14. The van der Waals surface area contributed by atoms with Crippen LogP contribution in [0.3, 0.4) is 0 Å². The van der Waals surface area contributed by atoms with Crippen molar-refractivity contribution >= 4 is 23.5 Å². The minimum Gasteiger partial charge on any atom is -0.492 e. The Morgan fingerprint density at radius 1 is 1.04 bits per heavy atom. The normalized spacial score (nSPS) is 11.3. The summed E-state index contributed by atoms with van der Waals surface area (Å²) in [6.45, 7) is 1.89. The molecule has 1 atom stereocenters. The number of nitrogens with zero attached hydrogens (tertiary/aromatic N) is 1. The van der Waals surface area contributed by atoms with Gasteiger partial charge < -0.3 is 25.0 Å². The molecule has 0 amide bonds. The van der Waals surface area contributed by atoms with Crippen LogP contribution >= 0.6 is 11.6 Å². The van der Waals surface area contributed by atoms with E-state index in [1.165, 1.54) is 0 Å². The van der Waals surface area contributed by atoms with Crippen LogP contribution in [0, 0.1) is 0 Å². The van der Waals surface area contributed by atoms with Crippen molar-refractivity contribution in [2.24, 2.45) is 0 Å². The second-order valence-corrected chi connectivity index (χ2v) is 6.04. The highest BCUT2D eigenvalue weighted by molar-refractivity contribution is 6.30. The van der Waals surface area contributed by atoms with Crippen molar-refractivity contribution in [3.05, 3.63) is 65.2 Å². The van der Waals surface area contributed by atoms with Gasteiger partial charge >= 0.3 is 11.9 Å². The number of carbonyl (C=O) groups is 2. The van der Waals surface area contributed by atoms with Gasteiger partial charge in [0.25, 0.3) is 0 Å². The Labute approximate surface area is 162 Å². The number of ether oxygens (including phenoxy) is 1. The predicted octanol–water partition coefficient (Wildman–Crippen LogP) is 2.54. The maximum Gasteiger partial charge on any atom is 0.414 e. The molecule has 0 saturated heterocycles.